The highest BCUT2D eigenvalue weighted by molar-refractivity contribution is 5.86. The van der Waals surface area contributed by atoms with Crippen molar-refractivity contribution in [3.05, 3.63) is 35.5 Å². The fourth-order valence-electron chi connectivity index (χ4n) is 2.37. The second-order valence-electron chi connectivity index (χ2n) is 4.69. The van der Waals surface area contributed by atoms with Crippen LogP contribution < -0.4 is 5.32 Å². The minimum absolute atomic E-state index is 0.0142. The maximum Gasteiger partial charge on any atom is 0.251 e. The zero-order valence-corrected chi connectivity index (χ0v) is 10.6. The number of carbonyl (C=O) groups is 1. The van der Waals surface area contributed by atoms with Crippen LogP contribution in [0.25, 0.3) is 10.9 Å². The largest absolute Gasteiger partial charge is 0.363 e. The van der Waals surface area contributed by atoms with E-state index < -0.39 is 0 Å². The van der Waals surface area contributed by atoms with Crippen molar-refractivity contribution in [1.29, 1.82) is 0 Å². The molecule has 1 atom stereocenters. The minimum Gasteiger partial charge on any atom is -0.363 e. The summed E-state index contributed by atoms with van der Waals surface area (Å²) >= 11 is 0. The summed E-state index contributed by atoms with van der Waals surface area (Å²) in [6, 6.07) is 8.27. The van der Waals surface area contributed by atoms with E-state index in [1.54, 1.807) is 0 Å². The van der Waals surface area contributed by atoms with Crippen molar-refractivity contribution < 1.29 is 9.53 Å². The maximum absolute atomic E-state index is 11.6. The van der Waals surface area contributed by atoms with E-state index in [1.165, 1.54) is 16.5 Å². The Morgan fingerprint density at radius 1 is 1.50 bits per heavy atom. The highest BCUT2D eigenvalue weighted by atomic mass is 16.6. The molecule has 1 aromatic heterocycles. The Hall–Kier alpha value is -1.81. The number of ether oxygens (including phenoxy) is 1. The van der Waals surface area contributed by atoms with Crippen LogP contribution in [0.4, 0.5) is 0 Å². The van der Waals surface area contributed by atoms with Gasteiger partial charge in [-0.2, -0.15) is 0 Å². The number of hydrogen-bond acceptors (Lipinski definition) is 2. The monoisotopic (exact) mass is 244 g/mol. The van der Waals surface area contributed by atoms with Crippen LogP contribution in [0.1, 0.15) is 11.3 Å². The lowest BCUT2D eigenvalue weighted by Crippen LogP contribution is -2.28. The van der Waals surface area contributed by atoms with Gasteiger partial charge in [-0.1, -0.05) is 18.2 Å². The van der Waals surface area contributed by atoms with Gasteiger partial charge in [0.05, 0.1) is 13.2 Å². The molecule has 1 aromatic carbocycles. The van der Waals surface area contributed by atoms with Gasteiger partial charge in [0, 0.05) is 23.6 Å². The summed E-state index contributed by atoms with van der Waals surface area (Å²) in [7, 11) is 2.03. The van der Waals surface area contributed by atoms with Gasteiger partial charge in [-0.25, -0.2) is 0 Å². The Morgan fingerprint density at radius 3 is 2.89 bits per heavy atom. The van der Waals surface area contributed by atoms with Crippen LogP contribution in [0.5, 0.6) is 0 Å². The van der Waals surface area contributed by atoms with Crippen molar-refractivity contribution >= 4 is 16.8 Å². The third-order valence-corrected chi connectivity index (χ3v) is 3.56. The number of hydrogen-bond donors (Lipinski definition) is 1. The second kappa shape index (κ2) is 4.14. The summed E-state index contributed by atoms with van der Waals surface area (Å²) in [4.78, 5) is 11.6. The van der Waals surface area contributed by atoms with E-state index in [1.807, 2.05) is 19.2 Å². The normalized spacial score (nSPS) is 18.0. The molecule has 18 heavy (non-hydrogen) atoms. The Kier molecular flexibility index (Phi) is 2.59. The SMILES string of the molecule is Cc1c(CNC(=O)C2CO2)n(C)c2ccccc12. The molecule has 1 aliphatic rings. The van der Waals surface area contributed by atoms with Crippen molar-refractivity contribution in [2.45, 2.75) is 19.6 Å². The van der Waals surface area contributed by atoms with Crippen molar-refractivity contribution in [2.75, 3.05) is 6.61 Å². The average molecular weight is 244 g/mol. The van der Waals surface area contributed by atoms with Crippen LogP contribution in [-0.4, -0.2) is 23.2 Å². The van der Waals surface area contributed by atoms with Crippen LogP contribution in [-0.2, 0) is 23.1 Å². The lowest BCUT2D eigenvalue weighted by atomic mass is 10.1. The standard InChI is InChI=1S/C14H16N2O2/c1-9-10-5-3-4-6-11(10)16(2)12(9)7-15-14(17)13-8-18-13/h3-6,13H,7-8H2,1-2H3,(H,15,17). The van der Waals surface area contributed by atoms with Crippen LogP contribution in [0.3, 0.4) is 0 Å². The number of carbonyl (C=O) groups excluding carboxylic acids is 1. The summed E-state index contributed by atoms with van der Waals surface area (Å²) in [6.45, 7) is 3.20. The molecule has 1 amide bonds. The summed E-state index contributed by atoms with van der Waals surface area (Å²) in [5, 5.41) is 4.16. The van der Waals surface area contributed by atoms with Crippen LogP contribution in [0, 0.1) is 6.92 Å². The Balaban J connectivity index is 1.88. The summed E-state index contributed by atoms with van der Waals surface area (Å²) in [5.74, 6) is -0.0142. The molecule has 1 aliphatic heterocycles. The van der Waals surface area contributed by atoms with E-state index in [2.05, 4.69) is 28.9 Å². The highest BCUT2D eigenvalue weighted by Crippen LogP contribution is 2.24. The van der Waals surface area contributed by atoms with Crippen LogP contribution >= 0.6 is 0 Å². The number of rotatable bonds is 3. The number of aryl methyl sites for hydroxylation is 2. The summed E-state index contributed by atoms with van der Waals surface area (Å²) < 4.78 is 7.10. The minimum atomic E-state index is -0.222. The first kappa shape index (κ1) is 11.3. The van der Waals surface area contributed by atoms with Crippen molar-refractivity contribution in [3.63, 3.8) is 0 Å². The first-order valence-electron chi connectivity index (χ1n) is 6.10. The van der Waals surface area contributed by atoms with Gasteiger partial charge >= 0.3 is 0 Å². The molecule has 0 bridgehead atoms. The molecule has 0 saturated carbocycles. The van der Waals surface area contributed by atoms with Crippen molar-refractivity contribution in [2.24, 2.45) is 7.05 Å². The molecule has 1 fully saturated rings. The Morgan fingerprint density at radius 2 is 2.22 bits per heavy atom. The molecule has 94 valence electrons. The second-order valence-corrected chi connectivity index (χ2v) is 4.69. The lowest BCUT2D eigenvalue weighted by Gasteiger charge is -2.07. The van der Waals surface area contributed by atoms with Crippen molar-refractivity contribution in [1.82, 2.24) is 9.88 Å². The fourth-order valence-corrected chi connectivity index (χ4v) is 2.37. The predicted molar refractivity (Wildman–Crippen MR) is 69.2 cm³/mol. The van der Waals surface area contributed by atoms with Crippen molar-refractivity contribution in [3.8, 4) is 0 Å². The molecule has 4 nitrogen and oxygen atoms in total. The molecule has 0 spiro atoms. The van der Waals surface area contributed by atoms with Crippen LogP contribution in [0.2, 0.25) is 0 Å². The third-order valence-electron chi connectivity index (χ3n) is 3.56. The van der Waals surface area contributed by atoms with Gasteiger partial charge in [0.2, 0.25) is 0 Å². The molecule has 4 heteroatoms. The lowest BCUT2D eigenvalue weighted by molar-refractivity contribution is -0.122. The first-order valence-corrected chi connectivity index (χ1v) is 6.10. The fraction of sp³-hybridized carbons (Fsp3) is 0.357. The zero-order chi connectivity index (χ0) is 12.7. The topological polar surface area (TPSA) is 46.6 Å². The number of fused-ring (bicyclic) bond motifs is 1. The number of nitrogens with one attached hydrogen (secondary N) is 1. The van der Waals surface area contributed by atoms with E-state index in [-0.39, 0.29) is 12.0 Å². The molecule has 2 aromatic rings. The van der Waals surface area contributed by atoms with E-state index in [0.717, 1.165) is 5.69 Å². The molecule has 3 rings (SSSR count). The number of epoxide rings is 1. The van der Waals surface area contributed by atoms with Gasteiger partial charge in [-0.3, -0.25) is 4.79 Å². The molecule has 0 aliphatic carbocycles. The molecule has 1 saturated heterocycles. The maximum atomic E-state index is 11.6. The van der Waals surface area contributed by atoms with E-state index in [9.17, 15) is 4.79 Å². The number of benzene rings is 1. The van der Waals surface area contributed by atoms with Gasteiger partial charge in [0.1, 0.15) is 0 Å². The van der Waals surface area contributed by atoms with Gasteiger partial charge in [-0.15, -0.1) is 0 Å². The smallest absolute Gasteiger partial charge is 0.251 e. The zero-order valence-electron chi connectivity index (χ0n) is 10.6. The van der Waals surface area contributed by atoms with Gasteiger partial charge < -0.3 is 14.6 Å². The van der Waals surface area contributed by atoms with E-state index in [0.29, 0.717) is 13.2 Å². The molecular formula is C14H16N2O2. The quantitative estimate of drug-likeness (QED) is 0.832. The van der Waals surface area contributed by atoms with Gasteiger partial charge in [-0.05, 0) is 18.6 Å². The van der Waals surface area contributed by atoms with E-state index >= 15 is 0 Å². The molecular weight excluding hydrogens is 228 g/mol. The summed E-state index contributed by atoms with van der Waals surface area (Å²) in [6.07, 6.45) is -0.222. The number of para-hydroxylation sites is 1. The van der Waals surface area contributed by atoms with Gasteiger partial charge in [0.15, 0.2) is 6.10 Å². The molecule has 1 unspecified atom stereocenters. The number of aromatic nitrogens is 1. The molecule has 2 heterocycles. The molecule has 1 N–H and O–H groups in total. The van der Waals surface area contributed by atoms with E-state index in [4.69, 9.17) is 4.74 Å². The number of amides is 1. The highest BCUT2D eigenvalue weighted by Gasteiger charge is 2.31. The Bertz CT molecular complexity index is 573. The Labute approximate surface area is 106 Å². The number of nitrogens with zero attached hydrogens (tertiary/aromatic N) is 1. The van der Waals surface area contributed by atoms with Crippen LogP contribution in [0.15, 0.2) is 24.3 Å². The predicted octanol–water partition coefficient (Wildman–Crippen LogP) is 1.50. The first-order chi connectivity index (χ1) is 8.68. The summed E-state index contributed by atoms with van der Waals surface area (Å²) in [5.41, 5.74) is 3.57. The average Bonchev–Trinajstić information content (AvgIpc) is 3.19. The third kappa shape index (κ3) is 1.78. The molecule has 0 radical (unpaired) electrons. The van der Waals surface area contributed by atoms with Gasteiger partial charge in [0.25, 0.3) is 5.91 Å².